The molecule has 0 amide bonds. The molecule has 3 fully saturated rings. The van der Waals surface area contributed by atoms with Gasteiger partial charge in [0.15, 0.2) is 0 Å². The van der Waals surface area contributed by atoms with Gasteiger partial charge in [-0.05, 0) is 111 Å². The molecule has 3 aliphatic heterocycles. The molecule has 0 radical (unpaired) electrons. The SMILES string of the molecule is Cn1c(CC(C(=O)O)C2CCNC2)nc2cccc(CN(Cc3cccc4nc(CC(C(=O)O)C5CCNC5)n(C)c34)Cc3cccc4nc(CC(C(=O)O)C5CCNC5)n(C)c34)c21. The number of nitrogens with one attached hydrogen (secondary N) is 3. The number of aromatic nitrogens is 6. The minimum absolute atomic E-state index is 0.0437. The molecule has 0 spiro atoms. The van der Waals surface area contributed by atoms with Crippen molar-refractivity contribution < 1.29 is 29.7 Å². The number of fused-ring (bicyclic) bond motifs is 3. The fourth-order valence-electron chi connectivity index (χ4n) is 11.0. The lowest BCUT2D eigenvalue weighted by Gasteiger charge is -2.25. The Bertz CT molecular complexity index is 2400. The summed E-state index contributed by atoms with van der Waals surface area (Å²) in [5, 5.41) is 40.9. The molecule has 16 nitrogen and oxygen atoms in total. The van der Waals surface area contributed by atoms with E-state index in [1.54, 1.807) is 0 Å². The Labute approximate surface area is 372 Å². The van der Waals surface area contributed by atoms with E-state index < -0.39 is 35.7 Å². The summed E-state index contributed by atoms with van der Waals surface area (Å²) in [6, 6.07) is 18.4. The molecule has 64 heavy (non-hydrogen) atoms. The van der Waals surface area contributed by atoms with Crippen molar-refractivity contribution in [2.75, 3.05) is 39.3 Å². The van der Waals surface area contributed by atoms with Crippen molar-refractivity contribution in [2.45, 2.75) is 58.2 Å². The highest BCUT2D eigenvalue weighted by atomic mass is 16.4. The molecule has 3 saturated heterocycles. The fourth-order valence-corrected chi connectivity index (χ4v) is 11.0. The van der Waals surface area contributed by atoms with Gasteiger partial charge < -0.3 is 45.0 Å². The predicted octanol–water partition coefficient (Wildman–Crippen LogP) is 4.11. The van der Waals surface area contributed by atoms with Crippen LogP contribution in [0.25, 0.3) is 33.1 Å². The van der Waals surface area contributed by atoms with Crippen LogP contribution in [-0.2, 0) is 74.4 Å². The van der Waals surface area contributed by atoms with E-state index in [4.69, 9.17) is 15.0 Å². The van der Waals surface area contributed by atoms with Gasteiger partial charge in [-0.2, -0.15) is 0 Å². The molecule has 9 rings (SSSR count). The molecule has 3 aromatic carbocycles. The molecule has 0 bridgehead atoms. The normalized spacial score (nSPS) is 20.5. The summed E-state index contributed by atoms with van der Waals surface area (Å²) >= 11 is 0. The highest BCUT2D eigenvalue weighted by molar-refractivity contribution is 5.82. The van der Waals surface area contributed by atoms with E-state index in [9.17, 15) is 29.7 Å². The Balaban J connectivity index is 1.09. The van der Waals surface area contributed by atoms with Crippen LogP contribution in [0.4, 0.5) is 0 Å². The van der Waals surface area contributed by atoms with Crippen molar-refractivity contribution in [1.29, 1.82) is 0 Å². The van der Waals surface area contributed by atoms with Gasteiger partial charge in [-0.15, -0.1) is 0 Å². The van der Waals surface area contributed by atoms with Crippen molar-refractivity contribution in [2.24, 2.45) is 56.7 Å². The third kappa shape index (κ3) is 8.63. The number of hydrogen-bond donors (Lipinski definition) is 6. The summed E-state index contributed by atoms with van der Waals surface area (Å²) in [7, 11) is 5.95. The molecule has 6 atom stereocenters. The molecule has 0 aliphatic carbocycles. The number of rotatable bonds is 18. The summed E-state index contributed by atoms with van der Waals surface area (Å²) in [5.41, 5.74) is 8.47. The van der Waals surface area contributed by atoms with Gasteiger partial charge in [0, 0.05) is 60.0 Å². The molecule has 3 aliphatic rings. The average molecular weight is 873 g/mol. The van der Waals surface area contributed by atoms with Gasteiger partial charge in [0.05, 0.1) is 50.9 Å². The zero-order valence-electron chi connectivity index (χ0n) is 37.0. The van der Waals surface area contributed by atoms with Gasteiger partial charge >= 0.3 is 17.9 Å². The highest BCUT2D eigenvalue weighted by Gasteiger charge is 2.35. The van der Waals surface area contributed by atoms with E-state index in [2.05, 4.69) is 52.8 Å². The topological polar surface area (TPSA) is 205 Å². The van der Waals surface area contributed by atoms with Crippen LogP contribution in [0, 0.1) is 35.5 Å². The molecule has 6 N–H and O–H groups in total. The second-order valence-electron chi connectivity index (χ2n) is 18.5. The van der Waals surface area contributed by atoms with Crippen molar-refractivity contribution in [3.8, 4) is 0 Å². The maximum absolute atomic E-state index is 12.6. The van der Waals surface area contributed by atoms with Gasteiger partial charge in [0.2, 0.25) is 0 Å². The van der Waals surface area contributed by atoms with Crippen LogP contribution in [0.15, 0.2) is 54.6 Å². The number of carboxylic acid groups (broad SMARTS) is 3. The van der Waals surface area contributed by atoms with Gasteiger partial charge in [0.1, 0.15) is 17.5 Å². The van der Waals surface area contributed by atoms with E-state index in [0.717, 1.165) is 106 Å². The highest BCUT2D eigenvalue weighted by Crippen LogP contribution is 2.32. The minimum atomic E-state index is -0.796. The Morgan fingerprint density at radius 2 is 0.844 bits per heavy atom. The number of benzene rings is 3. The molecule has 6 aromatic rings. The Hall–Kier alpha value is -5.68. The molecular formula is C48H60N10O6. The minimum Gasteiger partial charge on any atom is -0.481 e. The quantitative estimate of drug-likeness (QED) is 0.0721. The number of aryl methyl sites for hydroxylation is 3. The van der Waals surface area contributed by atoms with E-state index in [1.165, 1.54) is 0 Å². The molecule has 3 aromatic heterocycles. The average Bonchev–Trinajstić information content (AvgIpc) is 4.14. The standard InChI is InChI=1S/C48H60N10O6/c1-55-40(19-34(46(59)60)28-13-16-49-22-28)52-37-10-4-7-31(43(37)55)25-58(26-32-8-5-11-38-44(32)56(2)41(53-38)20-35(47(61)62)29-14-17-50-23-29)27-33-9-6-12-39-45(33)57(3)42(54-39)21-36(48(63)64)30-15-18-51-24-30/h4-12,28-30,34-36,49-51H,13-27H2,1-3H3,(H,59,60)(H,61,62)(H,63,64). The summed E-state index contributed by atoms with van der Waals surface area (Å²) in [4.78, 5) is 55.1. The third-order valence-electron chi connectivity index (χ3n) is 14.6. The Morgan fingerprint density at radius 1 is 0.547 bits per heavy atom. The summed E-state index contributed by atoms with van der Waals surface area (Å²) in [6.07, 6.45) is 3.50. The third-order valence-corrected chi connectivity index (χ3v) is 14.6. The van der Waals surface area contributed by atoms with E-state index >= 15 is 0 Å². The number of nitrogens with zero attached hydrogens (tertiary/aromatic N) is 7. The number of carboxylic acids is 3. The van der Waals surface area contributed by atoms with E-state index in [1.807, 2.05) is 57.5 Å². The van der Waals surface area contributed by atoms with Gasteiger partial charge in [-0.3, -0.25) is 19.3 Å². The van der Waals surface area contributed by atoms with Crippen LogP contribution in [0.2, 0.25) is 0 Å². The summed E-state index contributed by atoms with van der Waals surface area (Å²) < 4.78 is 6.21. The first kappa shape index (κ1) is 43.6. The van der Waals surface area contributed by atoms with Crippen LogP contribution in [0.1, 0.15) is 53.4 Å². The predicted molar refractivity (Wildman–Crippen MR) is 243 cm³/mol. The monoisotopic (exact) mass is 872 g/mol. The van der Waals surface area contributed by atoms with Crippen LogP contribution < -0.4 is 16.0 Å². The number of hydrogen-bond acceptors (Lipinski definition) is 10. The van der Waals surface area contributed by atoms with Crippen molar-refractivity contribution in [3.05, 3.63) is 88.8 Å². The first-order chi connectivity index (χ1) is 30.9. The second kappa shape index (κ2) is 18.4. The van der Waals surface area contributed by atoms with Crippen LogP contribution in [-0.4, -0.2) is 106 Å². The molecule has 338 valence electrons. The molecular weight excluding hydrogens is 813 g/mol. The zero-order chi connectivity index (χ0) is 44.6. The maximum Gasteiger partial charge on any atom is 0.307 e. The zero-order valence-corrected chi connectivity index (χ0v) is 37.0. The summed E-state index contributed by atoms with van der Waals surface area (Å²) in [5.74, 6) is -1.65. The second-order valence-corrected chi connectivity index (χ2v) is 18.5. The first-order valence-electron chi connectivity index (χ1n) is 22.8. The van der Waals surface area contributed by atoms with Crippen LogP contribution in [0.3, 0.4) is 0 Å². The maximum atomic E-state index is 12.6. The number of aliphatic carboxylic acids is 3. The first-order valence-corrected chi connectivity index (χ1v) is 22.8. The molecule has 6 heterocycles. The van der Waals surface area contributed by atoms with Crippen LogP contribution in [0.5, 0.6) is 0 Å². The lowest BCUT2D eigenvalue weighted by atomic mass is 9.88. The Morgan fingerprint density at radius 3 is 1.09 bits per heavy atom. The molecule has 6 unspecified atom stereocenters. The fraction of sp³-hybridized carbons (Fsp3) is 0.500. The molecule has 0 saturated carbocycles. The summed E-state index contributed by atoms with van der Waals surface area (Å²) in [6.45, 7) is 6.10. The lowest BCUT2D eigenvalue weighted by molar-refractivity contribution is -0.144. The van der Waals surface area contributed by atoms with Gasteiger partial charge in [0.25, 0.3) is 0 Å². The van der Waals surface area contributed by atoms with E-state index in [-0.39, 0.29) is 17.8 Å². The van der Waals surface area contributed by atoms with Crippen LogP contribution >= 0.6 is 0 Å². The van der Waals surface area contributed by atoms with Gasteiger partial charge in [-0.1, -0.05) is 36.4 Å². The smallest absolute Gasteiger partial charge is 0.307 e. The van der Waals surface area contributed by atoms with E-state index in [0.29, 0.717) is 58.5 Å². The van der Waals surface area contributed by atoms with Gasteiger partial charge in [-0.25, -0.2) is 15.0 Å². The van der Waals surface area contributed by atoms with Crippen molar-refractivity contribution in [3.63, 3.8) is 0 Å². The number of carbonyl (C=O) groups is 3. The molecule has 16 heteroatoms. The number of imidazole rings is 3. The van der Waals surface area contributed by atoms with Crippen molar-refractivity contribution in [1.82, 2.24) is 49.5 Å². The van der Waals surface area contributed by atoms with Crippen molar-refractivity contribution >= 4 is 51.0 Å². The lowest BCUT2D eigenvalue weighted by Crippen LogP contribution is -2.28. The Kier molecular flexibility index (Phi) is 12.5. The number of para-hydroxylation sites is 3. The largest absolute Gasteiger partial charge is 0.481 e.